The lowest BCUT2D eigenvalue weighted by atomic mass is 9.84. The quantitative estimate of drug-likeness (QED) is 0.569. The van der Waals surface area contributed by atoms with Gasteiger partial charge in [-0.2, -0.15) is 0 Å². The van der Waals surface area contributed by atoms with Crippen LogP contribution in [0, 0.1) is 5.41 Å². The van der Waals surface area contributed by atoms with E-state index >= 15 is 0 Å². The molecule has 0 aliphatic heterocycles. The molecule has 0 fully saturated rings. The topological polar surface area (TPSA) is 52.6 Å². The molecule has 0 N–H and O–H groups in total. The molecule has 1 aliphatic carbocycles. The number of hydrogen-bond acceptors (Lipinski definition) is 4. The van der Waals surface area contributed by atoms with Crippen molar-refractivity contribution in [2.45, 2.75) is 26.7 Å². The van der Waals surface area contributed by atoms with Crippen molar-refractivity contribution in [3.63, 3.8) is 0 Å². The third-order valence-corrected chi connectivity index (χ3v) is 5.00. The van der Waals surface area contributed by atoms with E-state index in [1.165, 1.54) is 0 Å². The van der Waals surface area contributed by atoms with E-state index in [1.54, 1.807) is 19.9 Å². The number of rotatable bonds is 6. The Morgan fingerprint density at radius 2 is 1.48 bits per heavy atom. The summed E-state index contributed by atoms with van der Waals surface area (Å²) in [6, 6.07) is 14.2. The largest absolute Gasteiger partial charge is 0.465 e. The summed E-state index contributed by atoms with van der Waals surface area (Å²) >= 11 is 0. The maximum absolute atomic E-state index is 12.6. The van der Waals surface area contributed by atoms with Gasteiger partial charge in [-0.1, -0.05) is 55.1 Å². The van der Waals surface area contributed by atoms with Crippen molar-refractivity contribution in [1.29, 1.82) is 0 Å². The predicted octanol–water partition coefficient (Wildman–Crippen LogP) is 4.21. The second-order valence-electron chi connectivity index (χ2n) is 6.69. The zero-order valence-corrected chi connectivity index (χ0v) is 15.8. The lowest BCUT2D eigenvalue weighted by Crippen LogP contribution is -2.43. The third kappa shape index (κ3) is 3.52. The molecule has 0 spiro atoms. The second kappa shape index (κ2) is 7.78. The van der Waals surface area contributed by atoms with Crippen LogP contribution in [-0.2, 0) is 31.9 Å². The van der Waals surface area contributed by atoms with Crippen LogP contribution in [-0.4, -0.2) is 25.2 Å². The van der Waals surface area contributed by atoms with E-state index < -0.39 is 17.4 Å². The van der Waals surface area contributed by atoms with E-state index in [4.69, 9.17) is 9.47 Å². The summed E-state index contributed by atoms with van der Waals surface area (Å²) in [7, 11) is 0. The van der Waals surface area contributed by atoms with Crippen molar-refractivity contribution in [3.8, 4) is 11.1 Å². The Labute approximate surface area is 159 Å². The summed E-state index contributed by atoms with van der Waals surface area (Å²) < 4.78 is 10.4. The van der Waals surface area contributed by atoms with Gasteiger partial charge in [-0.25, -0.2) is 0 Å². The Kier molecular flexibility index (Phi) is 5.45. The normalized spacial score (nSPS) is 14.3. The first kappa shape index (κ1) is 18.9. The lowest BCUT2D eigenvalue weighted by Gasteiger charge is -2.23. The number of ether oxygens (including phenoxy) is 2. The number of hydrogen-bond donors (Lipinski definition) is 0. The number of fused-ring (bicyclic) bond motifs is 1. The summed E-state index contributed by atoms with van der Waals surface area (Å²) in [5, 5.41) is 0. The van der Waals surface area contributed by atoms with Crippen molar-refractivity contribution in [2.24, 2.45) is 5.41 Å². The van der Waals surface area contributed by atoms with Crippen molar-refractivity contribution in [3.05, 3.63) is 65.7 Å². The van der Waals surface area contributed by atoms with Crippen LogP contribution in [0.25, 0.3) is 17.2 Å². The molecule has 0 saturated carbocycles. The Morgan fingerprint density at radius 3 is 2.04 bits per heavy atom. The Balaban J connectivity index is 1.94. The number of carbonyl (C=O) groups excluding carboxylic acids is 2. The molecule has 2 aromatic carbocycles. The summed E-state index contributed by atoms with van der Waals surface area (Å²) in [5.74, 6) is -1.01. The van der Waals surface area contributed by atoms with Gasteiger partial charge in [0.2, 0.25) is 0 Å². The Bertz CT molecular complexity index is 846. The number of carbonyl (C=O) groups is 2. The van der Waals surface area contributed by atoms with Gasteiger partial charge in [0.25, 0.3) is 0 Å². The van der Waals surface area contributed by atoms with Gasteiger partial charge in [-0.15, -0.1) is 0 Å². The fourth-order valence-electron chi connectivity index (χ4n) is 3.58. The zero-order valence-electron chi connectivity index (χ0n) is 15.8. The van der Waals surface area contributed by atoms with E-state index in [0.717, 1.165) is 27.8 Å². The van der Waals surface area contributed by atoms with Crippen molar-refractivity contribution < 1.29 is 19.1 Å². The molecule has 2 aromatic rings. The monoisotopic (exact) mass is 364 g/mol. The molecule has 4 nitrogen and oxygen atoms in total. The highest BCUT2D eigenvalue weighted by Crippen LogP contribution is 2.41. The van der Waals surface area contributed by atoms with Crippen LogP contribution in [0.15, 0.2) is 49.0 Å². The fraction of sp³-hybridized carbons (Fsp3) is 0.304. The maximum Gasteiger partial charge on any atom is 0.324 e. The highest BCUT2D eigenvalue weighted by Gasteiger charge is 2.52. The highest BCUT2D eigenvalue weighted by atomic mass is 16.6. The van der Waals surface area contributed by atoms with E-state index in [9.17, 15) is 9.59 Å². The summed E-state index contributed by atoms with van der Waals surface area (Å²) in [6.07, 6.45) is 2.42. The van der Waals surface area contributed by atoms with Crippen LogP contribution in [0.3, 0.4) is 0 Å². The average molecular weight is 364 g/mol. The van der Waals surface area contributed by atoms with Gasteiger partial charge in [0.05, 0.1) is 13.2 Å². The van der Waals surface area contributed by atoms with Crippen LogP contribution < -0.4 is 0 Å². The molecule has 0 bridgehead atoms. The van der Waals surface area contributed by atoms with E-state index in [0.29, 0.717) is 12.8 Å². The first-order chi connectivity index (χ1) is 13.0. The van der Waals surface area contributed by atoms with Crippen molar-refractivity contribution >= 4 is 18.0 Å². The predicted molar refractivity (Wildman–Crippen MR) is 105 cm³/mol. The molecule has 0 radical (unpaired) electrons. The molecule has 1 aliphatic rings. The van der Waals surface area contributed by atoms with Crippen LogP contribution >= 0.6 is 0 Å². The second-order valence-corrected chi connectivity index (χ2v) is 6.69. The highest BCUT2D eigenvalue weighted by molar-refractivity contribution is 6.01. The van der Waals surface area contributed by atoms with Gasteiger partial charge in [0.1, 0.15) is 0 Å². The molecule has 0 saturated heterocycles. The lowest BCUT2D eigenvalue weighted by molar-refractivity contribution is -0.171. The average Bonchev–Trinajstić information content (AvgIpc) is 3.08. The molecule has 0 unspecified atom stereocenters. The minimum absolute atomic E-state index is 0.233. The smallest absolute Gasteiger partial charge is 0.324 e. The zero-order chi connectivity index (χ0) is 19.4. The van der Waals surface area contributed by atoms with E-state index in [2.05, 4.69) is 12.6 Å². The molecule has 27 heavy (non-hydrogen) atoms. The van der Waals surface area contributed by atoms with Crippen molar-refractivity contribution in [2.75, 3.05) is 13.2 Å². The van der Waals surface area contributed by atoms with Crippen molar-refractivity contribution in [1.82, 2.24) is 0 Å². The minimum atomic E-state index is -1.28. The Morgan fingerprint density at radius 1 is 0.926 bits per heavy atom. The van der Waals surface area contributed by atoms with Gasteiger partial charge in [0, 0.05) is 0 Å². The van der Waals surface area contributed by atoms with Gasteiger partial charge in [0.15, 0.2) is 5.41 Å². The van der Waals surface area contributed by atoms with Crippen LogP contribution in [0.4, 0.5) is 0 Å². The Hall–Kier alpha value is -2.88. The van der Waals surface area contributed by atoms with Gasteiger partial charge in [-0.3, -0.25) is 9.59 Å². The molecule has 0 amide bonds. The summed E-state index contributed by atoms with van der Waals surface area (Å²) in [4.78, 5) is 25.3. The molecule has 0 heterocycles. The van der Waals surface area contributed by atoms with Gasteiger partial charge < -0.3 is 9.47 Å². The fourth-order valence-corrected chi connectivity index (χ4v) is 3.58. The molecule has 0 aromatic heterocycles. The van der Waals surface area contributed by atoms with Crippen LogP contribution in [0.5, 0.6) is 0 Å². The number of esters is 2. The van der Waals surface area contributed by atoms with E-state index in [1.807, 2.05) is 36.4 Å². The van der Waals surface area contributed by atoms with Crippen LogP contribution in [0.1, 0.15) is 30.5 Å². The van der Waals surface area contributed by atoms with Gasteiger partial charge >= 0.3 is 11.9 Å². The third-order valence-electron chi connectivity index (χ3n) is 5.00. The number of benzene rings is 2. The molecular formula is C23H24O4. The standard InChI is InChI=1S/C23H24O4/c1-4-16-7-9-17(10-8-16)18-11-12-19-14-23(15-20(19)13-18,21(24)26-5-2)22(25)27-6-3/h4,7-13H,1,5-6,14-15H2,2-3H3. The summed E-state index contributed by atoms with van der Waals surface area (Å²) in [5.41, 5.74) is 3.88. The minimum Gasteiger partial charge on any atom is -0.465 e. The van der Waals surface area contributed by atoms with Gasteiger partial charge in [-0.05, 0) is 54.5 Å². The van der Waals surface area contributed by atoms with E-state index in [-0.39, 0.29) is 13.2 Å². The molecule has 140 valence electrons. The molecular weight excluding hydrogens is 340 g/mol. The SMILES string of the molecule is C=Cc1ccc(-c2ccc3c(c2)CC(C(=O)OCC)(C(=O)OCC)C3)cc1. The molecule has 3 rings (SSSR count). The first-order valence-electron chi connectivity index (χ1n) is 9.23. The summed E-state index contributed by atoms with van der Waals surface area (Å²) in [6.45, 7) is 7.72. The molecule has 4 heteroatoms. The first-order valence-corrected chi connectivity index (χ1v) is 9.23. The maximum atomic E-state index is 12.6. The molecule has 0 atom stereocenters. The van der Waals surface area contributed by atoms with Crippen LogP contribution in [0.2, 0.25) is 0 Å².